The summed E-state index contributed by atoms with van der Waals surface area (Å²) in [5.41, 5.74) is 6.29. The van der Waals surface area contributed by atoms with E-state index in [1.807, 2.05) is 30.3 Å². The van der Waals surface area contributed by atoms with Crippen LogP contribution in [0.15, 0.2) is 42.6 Å². The molecule has 0 radical (unpaired) electrons. The second-order valence-corrected chi connectivity index (χ2v) is 3.69. The van der Waals surface area contributed by atoms with Gasteiger partial charge in [-0.2, -0.15) is 0 Å². The van der Waals surface area contributed by atoms with Gasteiger partial charge in [0, 0.05) is 13.3 Å². The second-order valence-electron chi connectivity index (χ2n) is 3.69. The number of benzene rings is 1. The maximum Gasteiger partial charge on any atom is 0.267 e. The standard InChI is InChI=1S/C13H13N3O2/c1-18-11(9-5-3-2-4-6-9)13-15-8-7-10(16-13)12(14)17/h2-8,11H,1H3,(H2,14,17). The van der Waals surface area contributed by atoms with E-state index in [9.17, 15) is 4.79 Å². The van der Waals surface area contributed by atoms with Crippen LogP contribution in [-0.2, 0) is 4.74 Å². The molecule has 0 aliphatic carbocycles. The van der Waals surface area contributed by atoms with E-state index < -0.39 is 12.0 Å². The minimum absolute atomic E-state index is 0.179. The monoisotopic (exact) mass is 243 g/mol. The highest BCUT2D eigenvalue weighted by Crippen LogP contribution is 2.21. The molecule has 5 heteroatoms. The van der Waals surface area contributed by atoms with E-state index in [1.165, 1.54) is 12.3 Å². The number of hydrogen-bond acceptors (Lipinski definition) is 4. The molecule has 1 aromatic heterocycles. The quantitative estimate of drug-likeness (QED) is 0.878. The van der Waals surface area contributed by atoms with Crippen molar-refractivity contribution in [3.63, 3.8) is 0 Å². The third-order valence-corrected chi connectivity index (χ3v) is 2.50. The molecule has 1 aromatic carbocycles. The molecule has 0 spiro atoms. The zero-order valence-corrected chi connectivity index (χ0v) is 9.91. The predicted molar refractivity (Wildman–Crippen MR) is 65.8 cm³/mol. The fourth-order valence-electron chi connectivity index (χ4n) is 1.66. The molecule has 1 unspecified atom stereocenters. The average molecular weight is 243 g/mol. The van der Waals surface area contributed by atoms with Gasteiger partial charge in [-0.1, -0.05) is 30.3 Å². The van der Waals surface area contributed by atoms with E-state index in [2.05, 4.69) is 9.97 Å². The number of nitrogens with two attached hydrogens (primary N) is 1. The summed E-state index contributed by atoms with van der Waals surface area (Å²) in [7, 11) is 1.57. The van der Waals surface area contributed by atoms with Crippen LogP contribution in [0.2, 0.25) is 0 Å². The molecule has 0 fully saturated rings. The molecule has 0 bridgehead atoms. The predicted octanol–water partition coefficient (Wildman–Crippen LogP) is 1.31. The number of methoxy groups -OCH3 is 1. The number of aromatic nitrogens is 2. The Labute approximate surface area is 105 Å². The molecule has 0 saturated heterocycles. The summed E-state index contributed by atoms with van der Waals surface area (Å²) >= 11 is 0. The fraction of sp³-hybridized carbons (Fsp3) is 0.154. The van der Waals surface area contributed by atoms with Crippen molar-refractivity contribution in [2.24, 2.45) is 5.73 Å². The molecular formula is C13H13N3O2. The number of carbonyl (C=O) groups is 1. The molecule has 0 aliphatic rings. The van der Waals surface area contributed by atoms with Crippen LogP contribution in [-0.4, -0.2) is 23.0 Å². The Balaban J connectivity index is 2.39. The van der Waals surface area contributed by atoms with Crippen LogP contribution in [0.3, 0.4) is 0 Å². The molecule has 1 heterocycles. The summed E-state index contributed by atoms with van der Waals surface area (Å²) in [5, 5.41) is 0. The van der Waals surface area contributed by atoms with Crippen molar-refractivity contribution >= 4 is 5.91 Å². The molecule has 1 amide bonds. The van der Waals surface area contributed by atoms with Gasteiger partial charge in [0.05, 0.1) is 0 Å². The first-order valence-corrected chi connectivity index (χ1v) is 5.43. The third kappa shape index (κ3) is 2.52. The third-order valence-electron chi connectivity index (χ3n) is 2.50. The van der Waals surface area contributed by atoms with Gasteiger partial charge in [-0.3, -0.25) is 4.79 Å². The average Bonchev–Trinajstić information content (AvgIpc) is 2.41. The minimum atomic E-state index is -0.582. The molecule has 2 N–H and O–H groups in total. The summed E-state index contributed by atoms with van der Waals surface area (Å²) in [6.45, 7) is 0. The van der Waals surface area contributed by atoms with Crippen LogP contribution in [0.4, 0.5) is 0 Å². The molecule has 1 atom stereocenters. The highest BCUT2D eigenvalue weighted by molar-refractivity contribution is 5.90. The number of primary amides is 1. The minimum Gasteiger partial charge on any atom is -0.369 e. The highest BCUT2D eigenvalue weighted by atomic mass is 16.5. The van der Waals surface area contributed by atoms with Crippen LogP contribution in [0.5, 0.6) is 0 Å². The summed E-state index contributed by atoms with van der Waals surface area (Å²) in [6.07, 6.45) is 1.09. The zero-order chi connectivity index (χ0) is 13.0. The lowest BCUT2D eigenvalue weighted by molar-refractivity contribution is 0.0992. The van der Waals surface area contributed by atoms with Gasteiger partial charge in [-0.25, -0.2) is 9.97 Å². The van der Waals surface area contributed by atoms with Gasteiger partial charge in [-0.05, 0) is 11.6 Å². The van der Waals surface area contributed by atoms with E-state index in [-0.39, 0.29) is 5.69 Å². The summed E-state index contributed by atoms with van der Waals surface area (Å²) in [4.78, 5) is 19.3. The van der Waals surface area contributed by atoms with E-state index in [1.54, 1.807) is 7.11 Å². The van der Waals surface area contributed by atoms with Gasteiger partial charge in [0.2, 0.25) is 0 Å². The smallest absolute Gasteiger partial charge is 0.267 e. The fourth-order valence-corrected chi connectivity index (χ4v) is 1.66. The Morgan fingerprint density at radius 2 is 2.00 bits per heavy atom. The normalized spacial score (nSPS) is 12.1. The molecular weight excluding hydrogens is 230 g/mol. The van der Waals surface area contributed by atoms with E-state index in [4.69, 9.17) is 10.5 Å². The van der Waals surface area contributed by atoms with Crippen LogP contribution < -0.4 is 5.73 Å². The van der Waals surface area contributed by atoms with Crippen molar-refractivity contribution in [2.45, 2.75) is 6.10 Å². The largest absolute Gasteiger partial charge is 0.369 e. The topological polar surface area (TPSA) is 78.1 Å². The SMILES string of the molecule is COC(c1ccccc1)c1nccc(C(N)=O)n1. The van der Waals surface area contributed by atoms with E-state index >= 15 is 0 Å². The summed E-state index contributed by atoms with van der Waals surface area (Å²) in [5.74, 6) is -0.165. The van der Waals surface area contributed by atoms with Crippen molar-refractivity contribution < 1.29 is 9.53 Å². The molecule has 92 valence electrons. The number of amides is 1. The van der Waals surface area contributed by atoms with Crippen molar-refractivity contribution in [2.75, 3.05) is 7.11 Å². The number of rotatable bonds is 4. The van der Waals surface area contributed by atoms with E-state index in [0.717, 1.165) is 5.56 Å². The number of carbonyl (C=O) groups excluding carboxylic acids is 1. The van der Waals surface area contributed by atoms with Crippen LogP contribution >= 0.6 is 0 Å². The van der Waals surface area contributed by atoms with Gasteiger partial charge < -0.3 is 10.5 Å². The van der Waals surface area contributed by atoms with Crippen molar-refractivity contribution in [3.05, 3.63) is 59.7 Å². The van der Waals surface area contributed by atoms with Crippen molar-refractivity contribution in [3.8, 4) is 0 Å². The Hall–Kier alpha value is -2.27. The van der Waals surface area contributed by atoms with Crippen molar-refractivity contribution in [1.29, 1.82) is 0 Å². The van der Waals surface area contributed by atoms with E-state index in [0.29, 0.717) is 5.82 Å². The number of ether oxygens (including phenoxy) is 1. The van der Waals surface area contributed by atoms with Gasteiger partial charge >= 0.3 is 0 Å². The zero-order valence-electron chi connectivity index (χ0n) is 9.91. The van der Waals surface area contributed by atoms with Gasteiger partial charge in [0.1, 0.15) is 11.8 Å². The van der Waals surface area contributed by atoms with Gasteiger partial charge in [0.15, 0.2) is 5.82 Å². The molecule has 18 heavy (non-hydrogen) atoms. The first-order chi connectivity index (χ1) is 8.72. The lowest BCUT2D eigenvalue weighted by Gasteiger charge is -2.14. The van der Waals surface area contributed by atoms with Crippen LogP contribution in [0.1, 0.15) is 28.0 Å². The first kappa shape index (κ1) is 12.2. The molecule has 2 aromatic rings. The Bertz CT molecular complexity index is 543. The second kappa shape index (κ2) is 5.37. The van der Waals surface area contributed by atoms with Gasteiger partial charge in [-0.15, -0.1) is 0 Å². The maximum absolute atomic E-state index is 11.1. The van der Waals surface area contributed by atoms with Gasteiger partial charge in [0.25, 0.3) is 5.91 Å². The number of nitrogens with zero attached hydrogens (tertiary/aromatic N) is 2. The highest BCUT2D eigenvalue weighted by Gasteiger charge is 2.17. The Morgan fingerprint density at radius 3 is 2.61 bits per heavy atom. The first-order valence-electron chi connectivity index (χ1n) is 5.43. The number of hydrogen-bond donors (Lipinski definition) is 1. The summed E-state index contributed by atoms with van der Waals surface area (Å²) < 4.78 is 5.38. The molecule has 0 saturated carbocycles. The Morgan fingerprint density at radius 1 is 1.28 bits per heavy atom. The lowest BCUT2D eigenvalue weighted by atomic mass is 10.1. The molecule has 2 rings (SSSR count). The Kier molecular flexibility index (Phi) is 3.64. The van der Waals surface area contributed by atoms with Crippen LogP contribution in [0, 0.1) is 0 Å². The lowest BCUT2D eigenvalue weighted by Crippen LogP contribution is -2.16. The maximum atomic E-state index is 11.1. The van der Waals surface area contributed by atoms with Crippen molar-refractivity contribution in [1.82, 2.24) is 9.97 Å². The van der Waals surface area contributed by atoms with Crippen LogP contribution in [0.25, 0.3) is 0 Å². The molecule has 0 aliphatic heterocycles. The summed E-state index contributed by atoms with van der Waals surface area (Å²) in [6, 6.07) is 11.0. The molecule has 5 nitrogen and oxygen atoms in total.